The topological polar surface area (TPSA) is 29.1 Å². The summed E-state index contributed by atoms with van der Waals surface area (Å²) >= 11 is 3.47. The summed E-state index contributed by atoms with van der Waals surface area (Å²) in [4.78, 5) is 11.2. The summed E-state index contributed by atoms with van der Waals surface area (Å²) in [6.07, 6.45) is 5.90. The van der Waals surface area contributed by atoms with Crippen molar-refractivity contribution in [3.8, 4) is 0 Å². The molecule has 1 unspecified atom stereocenters. The van der Waals surface area contributed by atoms with E-state index in [9.17, 15) is 4.79 Å². The van der Waals surface area contributed by atoms with Crippen molar-refractivity contribution in [2.24, 2.45) is 0 Å². The molecule has 74 valence electrons. The molecule has 1 saturated heterocycles. The third kappa shape index (κ3) is 4.62. The smallest absolute Gasteiger partial charge is 0.244 e. The van der Waals surface area contributed by atoms with Crippen molar-refractivity contribution in [3.05, 3.63) is 11.5 Å². The fourth-order valence-corrected chi connectivity index (χ4v) is 2.57. The lowest BCUT2D eigenvalue weighted by Crippen LogP contribution is -2.37. The number of amides is 1. The van der Waals surface area contributed by atoms with Gasteiger partial charge in [-0.2, -0.15) is 11.8 Å². The Morgan fingerprint density at radius 2 is 2.54 bits per heavy atom. The summed E-state index contributed by atoms with van der Waals surface area (Å²) in [6, 6.07) is 0.387. The first-order valence-corrected chi connectivity index (χ1v) is 6.85. The largest absolute Gasteiger partial charge is 0.349 e. The van der Waals surface area contributed by atoms with E-state index in [4.69, 9.17) is 0 Å². The van der Waals surface area contributed by atoms with Crippen molar-refractivity contribution in [1.82, 2.24) is 5.32 Å². The Hall–Kier alpha value is -0.0900. The zero-order chi connectivity index (χ0) is 9.52. The van der Waals surface area contributed by atoms with Gasteiger partial charge in [-0.05, 0) is 30.3 Å². The van der Waals surface area contributed by atoms with Gasteiger partial charge in [0.2, 0.25) is 5.91 Å². The van der Waals surface area contributed by atoms with Gasteiger partial charge < -0.3 is 5.32 Å². The van der Waals surface area contributed by atoms with Crippen LogP contribution in [0, 0.1) is 0 Å². The van der Waals surface area contributed by atoms with Gasteiger partial charge in [0, 0.05) is 17.9 Å². The number of nitrogens with one attached hydrogen (secondary N) is 1. The predicted molar refractivity (Wildman–Crippen MR) is 61.1 cm³/mol. The predicted octanol–water partition coefficient (Wildman–Crippen LogP) is 1.87. The van der Waals surface area contributed by atoms with Crippen LogP contribution in [-0.2, 0) is 4.79 Å². The molecule has 1 aliphatic rings. The first-order chi connectivity index (χ1) is 6.33. The average Bonchev–Trinajstić information content (AvgIpc) is 2.16. The Morgan fingerprint density at radius 3 is 3.15 bits per heavy atom. The Morgan fingerprint density at radius 1 is 1.69 bits per heavy atom. The summed E-state index contributed by atoms with van der Waals surface area (Å²) < 4.78 is 0. The summed E-state index contributed by atoms with van der Waals surface area (Å²) in [7, 11) is 0. The molecule has 13 heavy (non-hydrogen) atoms. The van der Waals surface area contributed by atoms with Crippen molar-refractivity contribution in [2.75, 3.05) is 17.8 Å². The first kappa shape index (κ1) is 11.0. The van der Waals surface area contributed by atoms with Crippen molar-refractivity contribution < 1.29 is 4.79 Å². The van der Waals surface area contributed by atoms with E-state index in [1.807, 2.05) is 23.4 Å². The molecule has 0 radical (unpaired) electrons. The van der Waals surface area contributed by atoms with Crippen LogP contribution in [0.1, 0.15) is 12.8 Å². The highest BCUT2D eigenvalue weighted by Gasteiger charge is 2.14. The zero-order valence-electron chi connectivity index (χ0n) is 7.79. The number of thioether (sulfide) groups is 2. The molecule has 0 aromatic carbocycles. The van der Waals surface area contributed by atoms with Gasteiger partial charge in [-0.3, -0.25) is 4.79 Å². The maximum absolute atomic E-state index is 11.2. The molecule has 1 fully saturated rings. The van der Waals surface area contributed by atoms with Gasteiger partial charge >= 0.3 is 0 Å². The minimum Gasteiger partial charge on any atom is -0.349 e. The molecule has 1 heterocycles. The maximum Gasteiger partial charge on any atom is 0.244 e. The van der Waals surface area contributed by atoms with Crippen molar-refractivity contribution in [2.45, 2.75) is 18.9 Å². The summed E-state index contributed by atoms with van der Waals surface area (Å²) in [5, 5.41) is 4.80. The van der Waals surface area contributed by atoms with E-state index in [0.717, 1.165) is 12.2 Å². The van der Waals surface area contributed by atoms with Crippen molar-refractivity contribution in [1.29, 1.82) is 0 Å². The highest BCUT2D eigenvalue weighted by molar-refractivity contribution is 8.01. The molecule has 0 saturated carbocycles. The third-order valence-corrected chi connectivity index (χ3v) is 3.49. The number of rotatable bonds is 3. The van der Waals surface area contributed by atoms with Crippen molar-refractivity contribution >= 4 is 29.4 Å². The van der Waals surface area contributed by atoms with E-state index in [-0.39, 0.29) is 5.91 Å². The number of carbonyl (C=O) groups is 1. The van der Waals surface area contributed by atoms with Crippen LogP contribution in [0.15, 0.2) is 11.5 Å². The molecule has 1 N–H and O–H groups in total. The number of hydrogen-bond donors (Lipinski definition) is 1. The summed E-state index contributed by atoms with van der Waals surface area (Å²) in [6.45, 7) is 0. The van der Waals surface area contributed by atoms with Gasteiger partial charge in [0.1, 0.15) is 0 Å². The molecule has 0 aromatic heterocycles. The molecule has 1 rings (SSSR count). The lowest BCUT2D eigenvalue weighted by Gasteiger charge is -2.21. The molecule has 1 aliphatic heterocycles. The molecule has 0 bridgehead atoms. The molecule has 1 atom stereocenters. The summed E-state index contributed by atoms with van der Waals surface area (Å²) in [5.74, 6) is 2.35. The van der Waals surface area contributed by atoms with E-state index in [0.29, 0.717) is 6.04 Å². The zero-order valence-corrected chi connectivity index (χ0v) is 9.42. The second-order valence-corrected chi connectivity index (χ2v) is 4.85. The quantitative estimate of drug-likeness (QED) is 0.732. The molecular formula is C9H15NOS2. The van der Waals surface area contributed by atoms with Crippen LogP contribution in [0.5, 0.6) is 0 Å². The van der Waals surface area contributed by atoms with Gasteiger partial charge in [-0.25, -0.2) is 0 Å². The van der Waals surface area contributed by atoms with Gasteiger partial charge in [-0.1, -0.05) is 0 Å². The molecule has 0 spiro atoms. The molecule has 0 aromatic rings. The molecule has 4 heteroatoms. The van der Waals surface area contributed by atoms with Crippen LogP contribution >= 0.6 is 23.5 Å². The van der Waals surface area contributed by atoms with Crippen LogP contribution in [0.4, 0.5) is 0 Å². The molecule has 1 amide bonds. The fourth-order valence-electron chi connectivity index (χ4n) is 1.23. The standard InChI is InChI=1S/C9H15NOS2/c1-12-6-4-9(11)10-8-3-2-5-13-7-8/h4,6,8H,2-3,5,7H2,1H3,(H,10,11)/b6-4+. The van der Waals surface area contributed by atoms with E-state index in [1.54, 1.807) is 17.8 Å². The minimum atomic E-state index is 0.0434. The molecule has 0 aliphatic carbocycles. The average molecular weight is 217 g/mol. The first-order valence-electron chi connectivity index (χ1n) is 4.40. The molecular weight excluding hydrogens is 202 g/mol. The highest BCUT2D eigenvalue weighted by atomic mass is 32.2. The third-order valence-electron chi connectivity index (χ3n) is 1.86. The lowest BCUT2D eigenvalue weighted by atomic mass is 10.2. The van der Waals surface area contributed by atoms with Gasteiger partial charge in [0.05, 0.1) is 0 Å². The van der Waals surface area contributed by atoms with Crippen molar-refractivity contribution in [3.63, 3.8) is 0 Å². The van der Waals surface area contributed by atoms with Crippen LogP contribution < -0.4 is 5.32 Å². The Kier molecular flexibility index (Phi) is 5.39. The van der Waals surface area contributed by atoms with Crippen LogP contribution in [-0.4, -0.2) is 29.7 Å². The monoisotopic (exact) mass is 217 g/mol. The van der Waals surface area contributed by atoms with E-state index < -0.39 is 0 Å². The second-order valence-electron chi connectivity index (χ2n) is 2.96. The normalized spacial score (nSPS) is 23.3. The Bertz CT molecular complexity index is 188. The van der Waals surface area contributed by atoms with Gasteiger partial charge in [-0.15, -0.1) is 11.8 Å². The van der Waals surface area contributed by atoms with E-state index >= 15 is 0 Å². The van der Waals surface area contributed by atoms with Crippen LogP contribution in [0.25, 0.3) is 0 Å². The SMILES string of the molecule is CS/C=C/C(=O)NC1CCCSC1. The number of hydrogen-bond acceptors (Lipinski definition) is 3. The summed E-state index contributed by atoms with van der Waals surface area (Å²) in [5.41, 5.74) is 0. The lowest BCUT2D eigenvalue weighted by molar-refractivity contribution is -0.117. The Balaban J connectivity index is 2.22. The highest BCUT2D eigenvalue weighted by Crippen LogP contribution is 2.16. The maximum atomic E-state index is 11.2. The molecule has 2 nitrogen and oxygen atoms in total. The second kappa shape index (κ2) is 6.38. The van der Waals surface area contributed by atoms with Crippen LogP contribution in [0.2, 0.25) is 0 Å². The number of carbonyl (C=O) groups excluding carboxylic acids is 1. The van der Waals surface area contributed by atoms with E-state index in [1.165, 1.54) is 12.2 Å². The van der Waals surface area contributed by atoms with E-state index in [2.05, 4.69) is 5.32 Å². The van der Waals surface area contributed by atoms with Gasteiger partial charge in [0.15, 0.2) is 0 Å². The fraction of sp³-hybridized carbons (Fsp3) is 0.667. The minimum absolute atomic E-state index is 0.0434. The van der Waals surface area contributed by atoms with Crippen LogP contribution in [0.3, 0.4) is 0 Å². The van der Waals surface area contributed by atoms with Gasteiger partial charge in [0.25, 0.3) is 0 Å². The Labute approximate surface area is 87.9 Å².